The Bertz CT molecular complexity index is 693. The third kappa shape index (κ3) is 5.94. The molecule has 0 saturated heterocycles. The van der Waals surface area contributed by atoms with Gasteiger partial charge >= 0.3 is 5.97 Å². The van der Waals surface area contributed by atoms with Crippen molar-refractivity contribution in [3.63, 3.8) is 0 Å². The number of nitrogens with one attached hydrogen (secondary N) is 2. The molecule has 0 aromatic heterocycles. The summed E-state index contributed by atoms with van der Waals surface area (Å²) < 4.78 is 0. The maximum absolute atomic E-state index is 12.1. The van der Waals surface area contributed by atoms with E-state index in [2.05, 4.69) is 10.6 Å². The third-order valence-corrected chi connectivity index (χ3v) is 3.64. The average molecular weight is 350 g/mol. The van der Waals surface area contributed by atoms with Gasteiger partial charge < -0.3 is 15.7 Å². The van der Waals surface area contributed by atoms with Gasteiger partial charge in [-0.25, -0.2) is 4.79 Å². The molecule has 7 heteroatoms. The molecule has 128 valence electrons. The smallest absolute Gasteiger partial charge is 0.326 e. The van der Waals surface area contributed by atoms with Crippen LogP contribution in [0.2, 0.25) is 5.02 Å². The van der Waals surface area contributed by atoms with Crippen molar-refractivity contribution in [2.75, 3.05) is 5.32 Å². The molecule has 0 aliphatic rings. The molecule has 0 bridgehead atoms. The molecule has 1 unspecified atom stereocenters. The van der Waals surface area contributed by atoms with E-state index in [-0.39, 0.29) is 17.9 Å². The summed E-state index contributed by atoms with van der Waals surface area (Å²) in [5.41, 5.74) is 1.30. The first-order valence-electron chi connectivity index (χ1n) is 7.41. The number of aryl methyl sites for hydroxylation is 1. The van der Waals surface area contributed by atoms with Gasteiger partial charge in [-0.2, -0.15) is 5.26 Å². The molecule has 3 N–H and O–H groups in total. The van der Waals surface area contributed by atoms with Crippen LogP contribution in [0.5, 0.6) is 0 Å². The summed E-state index contributed by atoms with van der Waals surface area (Å²) in [6.07, 6.45) is 1.51. The summed E-state index contributed by atoms with van der Waals surface area (Å²) in [6, 6.07) is 5.94. The molecule has 0 radical (unpaired) electrons. The van der Waals surface area contributed by atoms with Gasteiger partial charge in [-0.1, -0.05) is 31.5 Å². The van der Waals surface area contributed by atoms with E-state index in [1.165, 1.54) is 6.20 Å². The lowest BCUT2D eigenvalue weighted by Crippen LogP contribution is -2.42. The number of carboxylic acids is 1. The second-order valence-corrected chi connectivity index (χ2v) is 6.18. The third-order valence-electron chi connectivity index (χ3n) is 3.23. The number of amides is 1. The standard InChI is InChI=1S/C17H20ClN3O3/c1-10(2)6-15(17(23)24)21-16(22)12(8-19)9-20-13-5-4-11(3)14(18)7-13/h4-5,7,9-10,15,20H,6H2,1-3H3,(H,21,22)(H,23,24)/b12-9-. The predicted molar refractivity (Wildman–Crippen MR) is 92.5 cm³/mol. The van der Waals surface area contributed by atoms with Gasteiger partial charge in [0.1, 0.15) is 17.7 Å². The maximum Gasteiger partial charge on any atom is 0.326 e. The Hall–Kier alpha value is -2.52. The number of nitrogens with zero attached hydrogens (tertiary/aromatic N) is 1. The zero-order chi connectivity index (χ0) is 18.3. The lowest BCUT2D eigenvalue weighted by atomic mass is 10.0. The molecule has 0 spiro atoms. The molecular weight excluding hydrogens is 330 g/mol. The molecule has 24 heavy (non-hydrogen) atoms. The molecule has 1 aromatic carbocycles. The van der Waals surface area contributed by atoms with Crippen LogP contribution in [0.3, 0.4) is 0 Å². The van der Waals surface area contributed by atoms with Crippen LogP contribution in [0.4, 0.5) is 5.69 Å². The number of benzene rings is 1. The number of hydrogen-bond donors (Lipinski definition) is 3. The van der Waals surface area contributed by atoms with Crippen molar-refractivity contribution in [3.8, 4) is 6.07 Å². The van der Waals surface area contributed by atoms with Gasteiger partial charge in [0.15, 0.2) is 0 Å². The van der Waals surface area contributed by atoms with E-state index in [1.54, 1.807) is 24.3 Å². The zero-order valence-electron chi connectivity index (χ0n) is 13.8. The fourth-order valence-electron chi connectivity index (χ4n) is 1.92. The maximum atomic E-state index is 12.1. The first kappa shape index (κ1) is 19.5. The van der Waals surface area contributed by atoms with E-state index in [9.17, 15) is 9.59 Å². The summed E-state index contributed by atoms with van der Waals surface area (Å²) in [6.45, 7) is 5.56. The van der Waals surface area contributed by atoms with Gasteiger partial charge in [0, 0.05) is 16.9 Å². The van der Waals surface area contributed by atoms with Gasteiger partial charge in [0.05, 0.1) is 0 Å². The summed E-state index contributed by atoms with van der Waals surface area (Å²) in [5.74, 6) is -1.78. The highest BCUT2D eigenvalue weighted by molar-refractivity contribution is 6.31. The lowest BCUT2D eigenvalue weighted by molar-refractivity contribution is -0.141. The summed E-state index contributed by atoms with van der Waals surface area (Å²) >= 11 is 6.01. The molecule has 1 rings (SSSR count). The van der Waals surface area contributed by atoms with Crippen molar-refractivity contribution in [1.82, 2.24) is 5.32 Å². The molecular formula is C17H20ClN3O3. The van der Waals surface area contributed by atoms with Gasteiger partial charge in [-0.05, 0) is 37.0 Å². The zero-order valence-corrected chi connectivity index (χ0v) is 14.5. The number of carbonyl (C=O) groups excluding carboxylic acids is 1. The van der Waals surface area contributed by atoms with Crippen LogP contribution in [0, 0.1) is 24.2 Å². The van der Waals surface area contributed by atoms with E-state index in [4.69, 9.17) is 22.0 Å². The van der Waals surface area contributed by atoms with Crippen molar-refractivity contribution >= 4 is 29.2 Å². The minimum absolute atomic E-state index is 0.0914. The Morgan fingerprint density at radius 3 is 2.58 bits per heavy atom. The number of aliphatic carboxylic acids is 1. The van der Waals surface area contributed by atoms with Crippen LogP contribution in [-0.2, 0) is 9.59 Å². The first-order valence-corrected chi connectivity index (χ1v) is 7.79. The monoisotopic (exact) mass is 349 g/mol. The Balaban J connectivity index is 2.83. The van der Waals surface area contributed by atoms with Crippen molar-refractivity contribution in [3.05, 3.63) is 40.6 Å². The quantitative estimate of drug-likeness (QED) is 0.518. The molecule has 1 amide bonds. The summed E-state index contributed by atoms with van der Waals surface area (Å²) in [4.78, 5) is 23.3. The van der Waals surface area contributed by atoms with Gasteiger partial charge in [0.2, 0.25) is 0 Å². The lowest BCUT2D eigenvalue weighted by Gasteiger charge is -2.16. The van der Waals surface area contributed by atoms with Crippen molar-refractivity contribution in [2.24, 2.45) is 5.92 Å². The normalized spacial score (nSPS) is 12.4. The SMILES string of the molecule is Cc1ccc(N/C=C(/C#N)C(=O)NC(CC(C)C)C(=O)O)cc1Cl. The van der Waals surface area contributed by atoms with E-state index in [0.29, 0.717) is 10.7 Å². The van der Waals surface area contributed by atoms with Crippen LogP contribution >= 0.6 is 11.6 Å². The van der Waals surface area contributed by atoms with E-state index in [0.717, 1.165) is 5.56 Å². The molecule has 0 heterocycles. The fraction of sp³-hybridized carbons (Fsp3) is 0.353. The number of halogens is 1. The van der Waals surface area contributed by atoms with Crippen molar-refractivity contribution in [2.45, 2.75) is 33.2 Å². The molecule has 1 aromatic rings. The Morgan fingerprint density at radius 1 is 1.42 bits per heavy atom. The first-order chi connectivity index (χ1) is 11.2. The van der Waals surface area contributed by atoms with Crippen LogP contribution in [0.25, 0.3) is 0 Å². The minimum atomic E-state index is -1.13. The number of nitriles is 1. The number of carbonyl (C=O) groups is 2. The van der Waals surface area contributed by atoms with Gasteiger partial charge in [-0.3, -0.25) is 4.79 Å². The van der Waals surface area contributed by atoms with Crippen LogP contribution in [-0.4, -0.2) is 23.0 Å². The average Bonchev–Trinajstić information content (AvgIpc) is 2.50. The van der Waals surface area contributed by atoms with Crippen molar-refractivity contribution in [1.29, 1.82) is 5.26 Å². The van der Waals surface area contributed by atoms with Gasteiger partial charge in [0.25, 0.3) is 5.91 Å². The van der Waals surface area contributed by atoms with E-state index < -0.39 is 17.9 Å². The second-order valence-electron chi connectivity index (χ2n) is 5.77. The van der Waals surface area contributed by atoms with Crippen molar-refractivity contribution < 1.29 is 14.7 Å². The van der Waals surface area contributed by atoms with Crippen LogP contribution in [0.1, 0.15) is 25.8 Å². The molecule has 0 aliphatic heterocycles. The Kier molecular flexibility index (Phi) is 7.28. The Labute approximate surface area is 146 Å². The van der Waals surface area contributed by atoms with Crippen LogP contribution in [0.15, 0.2) is 30.0 Å². The number of anilines is 1. The highest BCUT2D eigenvalue weighted by atomic mass is 35.5. The molecule has 0 aliphatic carbocycles. The second kappa shape index (κ2) is 8.94. The number of rotatable bonds is 7. The predicted octanol–water partition coefficient (Wildman–Crippen LogP) is 3.08. The highest BCUT2D eigenvalue weighted by Crippen LogP contribution is 2.20. The van der Waals surface area contributed by atoms with E-state index >= 15 is 0 Å². The van der Waals surface area contributed by atoms with E-state index in [1.807, 2.05) is 20.8 Å². The Morgan fingerprint density at radius 2 is 2.08 bits per heavy atom. The fourth-order valence-corrected chi connectivity index (χ4v) is 2.10. The number of hydrogen-bond acceptors (Lipinski definition) is 4. The largest absolute Gasteiger partial charge is 0.480 e. The van der Waals surface area contributed by atoms with Crippen LogP contribution < -0.4 is 10.6 Å². The molecule has 1 atom stereocenters. The molecule has 0 fully saturated rings. The minimum Gasteiger partial charge on any atom is -0.480 e. The van der Waals surface area contributed by atoms with Gasteiger partial charge in [-0.15, -0.1) is 0 Å². The topological polar surface area (TPSA) is 102 Å². The molecule has 6 nitrogen and oxygen atoms in total. The number of carboxylic acid groups (broad SMARTS) is 1. The summed E-state index contributed by atoms with van der Waals surface area (Å²) in [5, 5.41) is 24.0. The molecule has 0 saturated carbocycles. The summed E-state index contributed by atoms with van der Waals surface area (Å²) in [7, 11) is 0. The highest BCUT2D eigenvalue weighted by Gasteiger charge is 2.22.